The van der Waals surface area contributed by atoms with Crippen LogP contribution in [0.5, 0.6) is 0 Å². The fourth-order valence-electron chi connectivity index (χ4n) is 3.40. The summed E-state index contributed by atoms with van der Waals surface area (Å²) in [6.45, 7) is 9.02. The van der Waals surface area contributed by atoms with Crippen molar-refractivity contribution in [1.82, 2.24) is 14.9 Å². The SMILES string of the molecule is C=CC(C)N(N)/C(=N\N)c1cc(-c2ccc(CN3CCCC3)cc2)cnc1N. The molecule has 1 unspecified atom stereocenters. The molecule has 1 atom stereocenters. The normalized spacial score (nSPS) is 16.1. The van der Waals surface area contributed by atoms with Gasteiger partial charge < -0.3 is 11.6 Å². The van der Waals surface area contributed by atoms with Gasteiger partial charge in [0, 0.05) is 18.3 Å². The number of hydrogen-bond donors (Lipinski definition) is 3. The van der Waals surface area contributed by atoms with E-state index in [1.165, 1.54) is 36.5 Å². The Morgan fingerprint density at radius 2 is 1.96 bits per heavy atom. The van der Waals surface area contributed by atoms with E-state index in [4.69, 9.17) is 17.4 Å². The van der Waals surface area contributed by atoms with Crippen LogP contribution in [0.15, 0.2) is 54.3 Å². The molecule has 0 saturated carbocycles. The van der Waals surface area contributed by atoms with E-state index in [0.717, 1.165) is 17.7 Å². The smallest absolute Gasteiger partial charge is 0.173 e. The van der Waals surface area contributed by atoms with Crippen LogP contribution in [0.3, 0.4) is 0 Å². The van der Waals surface area contributed by atoms with Crippen molar-refractivity contribution in [2.75, 3.05) is 18.8 Å². The van der Waals surface area contributed by atoms with E-state index >= 15 is 0 Å². The number of benzene rings is 1. The van der Waals surface area contributed by atoms with E-state index in [2.05, 4.69) is 45.8 Å². The first-order chi connectivity index (χ1) is 13.5. The van der Waals surface area contributed by atoms with Crippen molar-refractivity contribution in [3.63, 3.8) is 0 Å². The molecule has 7 heteroatoms. The van der Waals surface area contributed by atoms with Gasteiger partial charge in [-0.05, 0) is 50.0 Å². The van der Waals surface area contributed by atoms with E-state index in [0.29, 0.717) is 17.2 Å². The zero-order valence-corrected chi connectivity index (χ0v) is 16.4. The highest BCUT2D eigenvalue weighted by Crippen LogP contribution is 2.24. The summed E-state index contributed by atoms with van der Waals surface area (Å²) in [6, 6.07) is 10.3. The van der Waals surface area contributed by atoms with E-state index in [1.807, 2.05) is 13.0 Å². The topological polar surface area (TPSA) is 110 Å². The van der Waals surface area contributed by atoms with Crippen molar-refractivity contribution in [1.29, 1.82) is 0 Å². The second-order valence-electron chi connectivity index (χ2n) is 7.17. The molecule has 3 rings (SSSR count). The number of hydrazine groups is 1. The number of rotatable bonds is 6. The number of hydrogen-bond acceptors (Lipinski definition) is 6. The van der Waals surface area contributed by atoms with Gasteiger partial charge in [-0.2, -0.15) is 5.10 Å². The molecule has 0 bridgehead atoms. The molecule has 0 radical (unpaired) electrons. The number of nitrogens with zero attached hydrogens (tertiary/aromatic N) is 4. The monoisotopic (exact) mass is 379 g/mol. The predicted octanol–water partition coefficient (Wildman–Crippen LogP) is 2.30. The van der Waals surface area contributed by atoms with Crippen LogP contribution in [-0.2, 0) is 6.54 Å². The summed E-state index contributed by atoms with van der Waals surface area (Å²) in [4.78, 5) is 6.81. The summed E-state index contributed by atoms with van der Waals surface area (Å²) in [5.41, 5.74) is 9.96. The predicted molar refractivity (Wildman–Crippen MR) is 115 cm³/mol. The fraction of sp³-hybridized carbons (Fsp3) is 0.333. The zero-order valence-electron chi connectivity index (χ0n) is 16.4. The maximum absolute atomic E-state index is 6.13. The first-order valence-electron chi connectivity index (χ1n) is 9.55. The Morgan fingerprint density at radius 1 is 1.29 bits per heavy atom. The van der Waals surface area contributed by atoms with Gasteiger partial charge in [0.1, 0.15) is 5.82 Å². The maximum Gasteiger partial charge on any atom is 0.173 e. The van der Waals surface area contributed by atoms with Gasteiger partial charge in [0.15, 0.2) is 5.84 Å². The third kappa shape index (κ3) is 4.32. The first kappa shape index (κ1) is 19.9. The lowest BCUT2D eigenvalue weighted by molar-refractivity contribution is 0.331. The van der Waals surface area contributed by atoms with E-state index in [1.54, 1.807) is 12.3 Å². The molecule has 1 aliphatic heterocycles. The Balaban J connectivity index is 1.85. The minimum atomic E-state index is -0.157. The number of pyridine rings is 1. The maximum atomic E-state index is 6.13. The minimum absolute atomic E-state index is 0.157. The van der Waals surface area contributed by atoms with E-state index in [9.17, 15) is 0 Å². The molecule has 148 valence electrons. The highest BCUT2D eigenvalue weighted by atomic mass is 15.5. The molecule has 2 aromatic rings. The summed E-state index contributed by atoms with van der Waals surface area (Å²) in [6.07, 6.45) is 6.05. The number of amidine groups is 1. The number of nitrogens with two attached hydrogens (primary N) is 3. The largest absolute Gasteiger partial charge is 0.383 e. The van der Waals surface area contributed by atoms with Crippen molar-refractivity contribution < 1.29 is 0 Å². The highest BCUT2D eigenvalue weighted by molar-refractivity contribution is 6.03. The summed E-state index contributed by atoms with van der Waals surface area (Å²) in [7, 11) is 0. The van der Waals surface area contributed by atoms with Gasteiger partial charge in [-0.3, -0.25) is 9.91 Å². The Bertz CT molecular complexity index is 838. The number of anilines is 1. The molecule has 7 nitrogen and oxygen atoms in total. The van der Waals surface area contributed by atoms with Crippen LogP contribution in [0.1, 0.15) is 30.9 Å². The zero-order chi connectivity index (χ0) is 20.1. The molecule has 1 aromatic heterocycles. The average Bonchev–Trinajstić information content (AvgIpc) is 3.23. The fourth-order valence-corrected chi connectivity index (χ4v) is 3.40. The molecular formula is C21H29N7. The molecule has 6 N–H and O–H groups in total. The van der Waals surface area contributed by atoms with Crippen molar-refractivity contribution in [2.45, 2.75) is 32.4 Å². The average molecular weight is 380 g/mol. The van der Waals surface area contributed by atoms with Crippen LogP contribution in [0.4, 0.5) is 5.82 Å². The molecule has 0 spiro atoms. The van der Waals surface area contributed by atoms with Gasteiger partial charge in [-0.25, -0.2) is 10.8 Å². The Kier molecular flexibility index (Phi) is 6.28. The summed E-state index contributed by atoms with van der Waals surface area (Å²) in [5, 5.41) is 5.27. The van der Waals surface area contributed by atoms with Gasteiger partial charge in [0.05, 0.1) is 11.6 Å². The number of likely N-dealkylation sites (tertiary alicyclic amines) is 1. The van der Waals surface area contributed by atoms with Crippen molar-refractivity contribution in [3.8, 4) is 11.1 Å². The van der Waals surface area contributed by atoms with E-state index < -0.39 is 0 Å². The standard InChI is InChI=1S/C21H29N7/c1-3-15(2)28(24)21(26-23)19-12-18(13-25-20(19)22)17-8-6-16(7-9-17)14-27-10-4-5-11-27/h3,6-9,12-13,15H,1,4-5,10-11,14,23-24H2,2H3,(H2,22,25)/b26-21-. The third-order valence-electron chi connectivity index (χ3n) is 5.20. The molecular weight excluding hydrogens is 350 g/mol. The van der Waals surface area contributed by atoms with Crippen molar-refractivity contribution in [2.24, 2.45) is 16.8 Å². The van der Waals surface area contributed by atoms with Crippen LogP contribution in [0.25, 0.3) is 11.1 Å². The van der Waals surface area contributed by atoms with Crippen molar-refractivity contribution in [3.05, 3.63) is 60.3 Å². The minimum Gasteiger partial charge on any atom is -0.383 e. The van der Waals surface area contributed by atoms with Crippen LogP contribution in [0, 0.1) is 0 Å². The number of aromatic nitrogens is 1. The van der Waals surface area contributed by atoms with Crippen molar-refractivity contribution >= 4 is 11.7 Å². The summed E-state index contributed by atoms with van der Waals surface area (Å²) < 4.78 is 0. The lowest BCUT2D eigenvalue weighted by Crippen LogP contribution is -2.44. The van der Waals surface area contributed by atoms with Crippen LogP contribution in [-0.4, -0.2) is 39.9 Å². The van der Waals surface area contributed by atoms with Gasteiger partial charge in [0.25, 0.3) is 0 Å². The van der Waals surface area contributed by atoms with Crippen LogP contribution < -0.4 is 17.4 Å². The van der Waals surface area contributed by atoms with Gasteiger partial charge in [-0.1, -0.05) is 30.3 Å². The summed E-state index contributed by atoms with van der Waals surface area (Å²) >= 11 is 0. The molecule has 2 heterocycles. The van der Waals surface area contributed by atoms with Gasteiger partial charge in [-0.15, -0.1) is 6.58 Å². The van der Waals surface area contributed by atoms with Gasteiger partial charge >= 0.3 is 0 Å². The van der Waals surface area contributed by atoms with Gasteiger partial charge in [0.2, 0.25) is 0 Å². The molecule has 0 amide bonds. The Morgan fingerprint density at radius 3 is 2.57 bits per heavy atom. The third-order valence-corrected chi connectivity index (χ3v) is 5.20. The van der Waals surface area contributed by atoms with Crippen LogP contribution >= 0.6 is 0 Å². The molecule has 1 aliphatic rings. The lowest BCUT2D eigenvalue weighted by atomic mass is 10.0. The molecule has 1 fully saturated rings. The second kappa shape index (κ2) is 8.86. The van der Waals surface area contributed by atoms with Crippen LogP contribution in [0.2, 0.25) is 0 Å². The summed E-state index contributed by atoms with van der Waals surface area (Å²) in [5.74, 6) is 12.4. The molecule has 28 heavy (non-hydrogen) atoms. The Hall–Kier alpha value is -2.90. The Labute approximate surface area is 166 Å². The molecule has 0 aliphatic carbocycles. The number of nitrogen functional groups attached to an aromatic ring is 1. The van der Waals surface area contributed by atoms with E-state index in [-0.39, 0.29) is 6.04 Å². The quantitative estimate of drug-likeness (QED) is 0.234. The number of hydrazone groups is 1. The second-order valence-corrected chi connectivity index (χ2v) is 7.17. The highest BCUT2D eigenvalue weighted by Gasteiger charge is 2.19. The lowest BCUT2D eigenvalue weighted by Gasteiger charge is -2.25. The first-order valence-corrected chi connectivity index (χ1v) is 9.55. The molecule has 1 aromatic carbocycles. The molecule has 1 saturated heterocycles.